The Labute approximate surface area is 170 Å². The zero-order chi connectivity index (χ0) is 21.6. The van der Waals surface area contributed by atoms with Gasteiger partial charge in [-0.2, -0.15) is 0 Å². The maximum atomic E-state index is 15.1. The summed E-state index contributed by atoms with van der Waals surface area (Å²) in [7, 11) is 1.47. The molecule has 0 amide bonds. The fourth-order valence-corrected chi connectivity index (χ4v) is 4.25. The van der Waals surface area contributed by atoms with E-state index in [1.807, 2.05) is 6.92 Å². The Balaban J connectivity index is 2.13. The van der Waals surface area contributed by atoms with Crippen LogP contribution in [0.2, 0.25) is 0 Å². The van der Waals surface area contributed by atoms with E-state index < -0.39 is 55.4 Å². The number of carboxylic acids is 1. The van der Waals surface area contributed by atoms with Crippen LogP contribution in [0.3, 0.4) is 0 Å². The zero-order valence-electron chi connectivity index (χ0n) is 17.1. The fourth-order valence-electron chi connectivity index (χ4n) is 4.25. The van der Waals surface area contributed by atoms with Crippen molar-refractivity contribution < 1.29 is 38.7 Å². The minimum absolute atomic E-state index is 0.0388. The normalized spacial score (nSPS) is 34.4. The van der Waals surface area contributed by atoms with Gasteiger partial charge in [0.15, 0.2) is 12.5 Å². The first-order valence-electron chi connectivity index (χ1n) is 9.83. The van der Waals surface area contributed by atoms with E-state index in [1.54, 1.807) is 19.1 Å². The molecule has 2 fully saturated rings. The van der Waals surface area contributed by atoms with E-state index in [2.05, 4.69) is 11.8 Å². The first-order valence-corrected chi connectivity index (χ1v) is 9.83. The van der Waals surface area contributed by atoms with Crippen molar-refractivity contribution in [3.05, 3.63) is 12.2 Å². The summed E-state index contributed by atoms with van der Waals surface area (Å²) in [5, 5.41) is 29.6. The summed E-state index contributed by atoms with van der Waals surface area (Å²) in [5.41, 5.74) is -1.32. The molecule has 1 aliphatic carbocycles. The predicted octanol–water partition coefficient (Wildman–Crippen LogP) is 1.52. The van der Waals surface area contributed by atoms with Gasteiger partial charge in [0.05, 0.1) is 18.8 Å². The Bertz CT molecular complexity index is 643. The Kier molecular flexibility index (Phi) is 8.61. The van der Waals surface area contributed by atoms with Crippen LogP contribution in [0, 0.1) is 29.6 Å². The number of rotatable bonds is 10. The van der Waals surface area contributed by atoms with Crippen LogP contribution in [0.15, 0.2) is 12.2 Å². The van der Waals surface area contributed by atoms with Gasteiger partial charge in [-0.05, 0) is 12.8 Å². The second-order valence-corrected chi connectivity index (χ2v) is 7.79. The van der Waals surface area contributed by atoms with Gasteiger partial charge in [-0.25, -0.2) is 9.18 Å². The highest BCUT2D eigenvalue weighted by Crippen LogP contribution is 2.54. The summed E-state index contributed by atoms with van der Waals surface area (Å²) < 4.78 is 31.2. The molecule has 0 aromatic carbocycles. The van der Waals surface area contributed by atoms with E-state index in [-0.39, 0.29) is 18.3 Å². The smallest absolute Gasteiger partial charge is 0.329 e. The first kappa shape index (κ1) is 23.8. The van der Waals surface area contributed by atoms with E-state index in [0.29, 0.717) is 12.8 Å². The van der Waals surface area contributed by atoms with Crippen LogP contribution in [0.25, 0.3) is 0 Å². The lowest BCUT2D eigenvalue weighted by molar-refractivity contribution is -0.190. The number of halogens is 1. The SMILES string of the molecule is CC#CCC(C)[C@H](O)/C=C/[C@H]1[C@H](O)C[C@]2(C(F)COCC(=O)O)O[C@@H](OC)C[C@H]12. The van der Waals surface area contributed by atoms with E-state index in [4.69, 9.17) is 19.3 Å². The number of ether oxygens (including phenoxy) is 3. The molecule has 1 saturated carbocycles. The van der Waals surface area contributed by atoms with Crippen molar-refractivity contribution in [3.63, 3.8) is 0 Å². The summed E-state index contributed by atoms with van der Waals surface area (Å²) in [6.07, 6.45) is 0.484. The highest BCUT2D eigenvalue weighted by Gasteiger charge is 2.63. The fraction of sp³-hybridized carbons (Fsp3) is 0.762. The number of aliphatic carboxylic acids is 1. The number of hydrogen-bond donors (Lipinski definition) is 3. The van der Waals surface area contributed by atoms with Crippen LogP contribution in [-0.2, 0) is 19.0 Å². The Morgan fingerprint density at radius 1 is 1.48 bits per heavy atom. The van der Waals surface area contributed by atoms with Gasteiger partial charge in [0.2, 0.25) is 0 Å². The molecule has 8 heteroatoms. The molecule has 0 spiro atoms. The summed E-state index contributed by atoms with van der Waals surface area (Å²) in [6, 6.07) is 0. The summed E-state index contributed by atoms with van der Waals surface area (Å²) in [4.78, 5) is 10.6. The number of fused-ring (bicyclic) bond motifs is 1. The highest BCUT2D eigenvalue weighted by molar-refractivity contribution is 5.67. The molecule has 7 nitrogen and oxygen atoms in total. The number of aliphatic hydroxyl groups excluding tert-OH is 2. The van der Waals surface area contributed by atoms with E-state index in [9.17, 15) is 15.0 Å². The third-order valence-corrected chi connectivity index (χ3v) is 5.86. The van der Waals surface area contributed by atoms with Crippen molar-refractivity contribution in [2.45, 2.75) is 63.4 Å². The van der Waals surface area contributed by atoms with Gasteiger partial charge in [-0.3, -0.25) is 0 Å². The lowest BCUT2D eigenvalue weighted by Crippen LogP contribution is -2.45. The summed E-state index contributed by atoms with van der Waals surface area (Å²) >= 11 is 0. The van der Waals surface area contributed by atoms with Gasteiger partial charge in [0, 0.05) is 38.2 Å². The maximum Gasteiger partial charge on any atom is 0.329 e. The van der Waals surface area contributed by atoms with E-state index >= 15 is 4.39 Å². The Morgan fingerprint density at radius 2 is 2.21 bits per heavy atom. The number of carbonyl (C=O) groups is 1. The van der Waals surface area contributed by atoms with Crippen molar-refractivity contribution >= 4 is 5.97 Å². The second-order valence-electron chi connectivity index (χ2n) is 7.79. The standard InChI is InChI=1S/C21H31FO7/c1-4-5-6-13(2)16(23)8-7-14-15-9-20(27-3)29-21(15,10-17(14)24)18(22)11-28-12-19(25)26/h7-8,13-18,20,23-24H,6,9-12H2,1-3H3,(H,25,26)/b8-7+/t13?,14-,15-,16-,17-,18?,20-,21+/m1/s1. The largest absolute Gasteiger partial charge is 0.480 e. The minimum atomic E-state index is -1.62. The molecule has 8 atom stereocenters. The second kappa shape index (κ2) is 10.5. The molecule has 3 N–H and O–H groups in total. The van der Waals surface area contributed by atoms with Crippen LogP contribution >= 0.6 is 0 Å². The monoisotopic (exact) mass is 414 g/mol. The molecule has 1 aliphatic heterocycles. The van der Waals surface area contributed by atoms with Gasteiger partial charge >= 0.3 is 5.97 Å². The molecule has 1 saturated heterocycles. The molecular weight excluding hydrogens is 383 g/mol. The molecule has 0 aromatic rings. The quantitative estimate of drug-likeness (QED) is 0.368. The zero-order valence-corrected chi connectivity index (χ0v) is 17.1. The third kappa shape index (κ3) is 5.56. The van der Waals surface area contributed by atoms with Crippen molar-refractivity contribution in [1.29, 1.82) is 0 Å². The lowest BCUT2D eigenvalue weighted by atomic mass is 9.81. The number of hydrogen-bond acceptors (Lipinski definition) is 6. The van der Waals surface area contributed by atoms with Crippen LogP contribution in [0.1, 0.15) is 33.1 Å². The molecule has 29 heavy (non-hydrogen) atoms. The van der Waals surface area contributed by atoms with Crippen LogP contribution in [0.4, 0.5) is 4.39 Å². The van der Waals surface area contributed by atoms with Crippen molar-refractivity contribution in [3.8, 4) is 11.8 Å². The van der Waals surface area contributed by atoms with Gasteiger partial charge < -0.3 is 29.5 Å². The van der Waals surface area contributed by atoms with Gasteiger partial charge in [0.25, 0.3) is 0 Å². The van der Waals surface area contributed by atoms with Crippen molar-refractivity contribution in [1.82, 2.24) is 0 Å². The number of alkyl halides is 1. The molecule has 2 unspecified atom stereocenters. The Hall–Kier alpha value is -1.50. The van der Waals surface area contributed by atoms with Crippen molar-refractivity contribution in [2.24, 2.45) is 17.8 Å². The molecule has 164 valence electrons. The number of aliphatic hydroxyl groups is 2. The topological polar surface area (TPSA) is 105 Å². The first-order chi connectivity index (χ1) is 13.7. The minimum Gasteiger partial charge on any atom is -0.480 e. The van der Waals surface area contributed by atoms with Gasteiger partial charge in [-0.1, -0.05) is 19.1 Å². The molecular formula is C21H31FO7. The lowest BCUT2D eigenvalue weighted by Gasteiger charge is -2.32. The summed E-state index contributed by atoms with van der Waals surface area (Å²) in [6.45, 7) is 2.57. The summed E-state index contributed by atoms with van der Waals surface area (Å²) in [5.74, 6) is 3.65. The van der Waals surface area contributed by atoms with Crippen molar-refractivity contribution in [2.75, 3.05) is 20.3 Å². The molecule has 0 bridgehead atoms. The van der Waals surface area contributed by atoms with E-state index in [1.165, 1.54) is 7.11 Å². The highest BCUT2D eigenvalue weighted by atomic mass is 19.1. The van der Waals surface area contributed by atoms with Gasteiger partial charge in [-0.15, -0.1) is 11.8 Å². The molecule has 0 radical (unpaired) electrons. The number of carboxylic acid groups (broad SMARTS) is 1. The predicted molar refractivity (Wildman–Crippen MR) is 103 cm³/mol. The molecule has 2 rings (SSSR count). The molecule has 1 heterocycles. The molecule has 0 aromatic heterocycles. The third-order valence-electron chi connectivity index (χ3n) is 5.86. The van der Waals surface area contributed by atoms with Crippen LogP contribution < -0.4 is 0 Å². The average molecular weight is 414 g/mol. The van der Waals surface area contributed by atoms with E-state index in [0.717, 1.165) is 0 Å². The maximum absolute atomic E-state index is 15.1. The van der Waals surface area contributed by atoms with Gasteiger partial charge in [0.1, 0.15) is 12.2 Å². The van der Waals surface area contributed by atoms with Crippen LogP contribution in [0.5, 0.6) is 0 Å². The average Bonchev–Trinajstić information content (AvgIpc) is 3.16. The number of methoxy groups -OCH3 is 1. The molecule has 2 aliphatic rings. The van der Waals surface area contributed by atoms with Crippen LogP contribution in [-0.4, -0.2) is 71.9 Å². The Morgan fingerprint density at radius 3 is 2.83 bits per heavy atom.